The van der Waals surface area contributed by atoms with Gasteiger partial charge in [0, 0.05) is 24.4 Å². The van der Waals surface area contributed by atoms with Gasteiger partial charge in [0.2, 0.25) is 10.0 Å². The van der Waals surface area contributed by atoms with Gasteiger partial charge in [0.05, 0.1) is 26.9 Å². The number of aryl methyl sites for hydroxylation is 1. The molecule has 0 saturated carbocycles. The average Bonchev–Trinajstić information content (AvgIpc) is 2.67. The Labute approximate surface area is 167 Å². The molecule has 2 aromatic rings. The number of rotatable bonds is 5. The second-order valence-corrected chi connectivity index (χ2v) is 8.88. The molecular weight excluding hydrogens is 406 g/mol. The number of amides is 1. The van der Waals surface area contributed by atoms with Crippen LogP contribution in [0, 0.1) is 10.1 Å². The summed E-state index contributed by atoms with van der Waals surface area (Å²) in [4.78, 5) is 22.8. The molecule has 1 amide bonds. The number of hydrogen-bond acceptors (Lipinski definition) is 5. The summed E-state index contributed by atoms with van der Waals surface area (Å²) in [5.74, 6) is -0.571. The van der Waals surface area contributed by atoms with Crippen molar-refractivity contribution in [3.05, 3.63) is 62.7 Å². The van der Waals surface area contributed by atoms with Crippen molar-refractivity contribution in [1.82, 2.24) is 0 Å². The van der Waals surface area contributed by atoms with Crippen molar-refractivity contribution in [1.29, 1.82) is 0 Å². The van der Waals surface area contributed by atoms with Crippen molar-refractivity contribution in [2.24, 2.45) is 0 Å². The molecule has 0 spiro atoms. The van der Waals surface area contributed by atoms with Crippen LogP contribution < -0.4 is 9.62 Å². The maximum Gasteiger partial charge on any atom is 0.270 e. The van der Waals surface area contributed by atoms with Crippen LogP contribution in [-0.2, 0) is 16.4 Å². The fourth-order valence-corrected chi connectivity index (χ4v) is 4.48. The molecule has 0 aliphatic carbocycles. The Morgan fingerprint density at radius 2 is 2.04 bits per heavy atom. The number of nitrogens with zero attached hydrogens (tertiary/aromatic N) is 2. The molecule has 0 bridgehead atoms. The zero-order valence-electron chi connectivity index (χ0n) is 15.0. The van der Waals surface area contributed by atoms with E-state index in [1.54, 1.807) is 25.1 Å². The normalized spacial score (nSPS) is 13.7. The third-order valence-corrected chi connectivity index (χ3v) is 6.63. The lowest BCUT2D eigenvalue weighted by Gasteiger charge is -2.30. The van der Waals surface area contributed by atoms with Gasteiger partial charge >= 0.3 is 0 Å². The summed E-state index contributed by atoms with van der Waals surface area (Å²) in [7, 11) is -3.37. The first kappa shape index (κ1) is 20.1. The molecule has 148 valence electrons. The number of hydrogen-bond donors (Lipinski definition) is 1. The topological polar surface area (TPSA) is 110 Å². The summed E-state index contributed by atoms with van der Waals surface area (Å²) in [6, 6.07) is 8.62. The predicted molar refractivity (Wildman–Crippen MR) is 108 cm³/mol. The third-order valence-electron chi connectivity index (χ3n) is 4.52. The lowest BCUT2D eigenvalue weighted by Crippen LogP contribution is -2.36. The van der Waals surface area contributed by atoms with E-state index < -0.39 is 20.9 Å². The minimum atomic E-state index is -3.37. The Hall–Kier alpha value is -2.65. The van der Waals surface area contributed by atoms with Crippen LogP contribution in [0.2, 0.25) is 5.02 Å². The van der Waals surface area contributed by atoms with Gasteiger partial charge in [0.25, 0.3) is 11.6 Å². The number of fused-ring (bicyclic) bond motifs is 1. The summed E-state index contributed by atoms with van der Waals surface area (Å²) in [5, 5.41) is 13.7. The summed E-state index contributed by atoms with van der Waals surface area (Å²) >= 11 is 6.01. The highest BCUT2D eigenvalue weighted by atomic mass is 35.5. The molecule has 1 heterocycles. The van der Waals surface area contributed by atoms with Gasteiger partial charge in [-0.3, -0.25) is 19.2 Å². The lowest BCUT2D eigenvalue weighted by atomic mass is 10.0. The standard InChI is InChI=1S/C18H18ClN3O5S/c1-2-28(26,27)21-9-3-4-12-10-13(5-8-17(12)21)20-18(23)15-11-14(22(24)25)6-7-16(15)19/h5-8,10-11H,2-4,9H2,1H3,(H,20,23). The Kier molecular flexibility index (Phi) is 5.57. The number of nitro benzene ring substituents is 1. The third kappa shape index (κ3) is 3.95. The number of benzene rings is 2. The summed E-state index contributed by atoms with van der Waals surface area (Å²) in [6.07, 6.45) is 1.37. The smallest absolute Gasteiger partial charge is 0.270 e. The van der Waals surface area contributed by atoms with Crippen molar-refractivity contribution >= 4 is 44.6 Å². The number of non-ortho nitro benzene ring substituents is 1. The molecule has 0 aromatic heterocycles. The van der Waals surface area contributed by atoms with Crippen LogP contribution >= 0.6 is 11.6 Å². The Bertz CT molecular complexity index is 1060. The van der Waals surface area contributed by atoms with E-state index in [0.717, 1.165) is 11.6 Å². The van der Waals surface area contributed by atoms with E-state index in [2.05, 4.69) is 5.32 Å². The SMILES string of the molecule is CCS(=O)(=O)N1CCCc2cc(NC(=O)c3cc([N+](=O)[O-])ccc3Cl)ccc21. The first-order valence-electron chi connectivity index (χ1n) is 8.61. The van der Waals surface area contributed by atoms with E-state index in [1.807, 2.05) is 0 Å². The maximum absolute atomic E-state index is 12.5. The van der Waals surface area contributed by atoms with Crippen molar-refractivity contribution in [3.8, 4) is 0 Å². The summed E-state index contributed by atoms with van der Waals surface area (Å²) < 4.78 is 25.9. The number of nitro groups is 1. The monoisotopic (exact) mass is 423 g/mol. The molecule has 10 heteroatoms. The number of carbonyl (C=O) groups excluding carboxylic acids is 1. The average molecular weight is 424 g/mol. The fourth-order valence-electron chi connectivity index (χ4n) is 3.08. The van der Waals surface area contributed by atoms with Crippen molar-refractivity contribution < 1.29 is 18.1 Å². The highest BCUT2D eigenvalue weighted by Gasteiger charge is 2.26. The first-order chi connectivity index (χ1) is 13.2. The van der Waals surface area contributed by atoms with Gasteiger partial charge < -0.3 is 5.32 Å². The molecule has 0 atom stereocenters. The molecule has 8 nitrogen and oxygen atoms in total. The van der Waals surface area contributed by atoms with Gasteiger partial charge in [-0.15, -0.1) is 0 Å². The molecule has 28 heavy (non-hydrogen) atoms. The molecule has 0 radical (unpaired) electrons. The quantitative estimate of drug-likeness (QED) is 0.583. The fraction of sp³-hybridized carbons (Fsp3) is 0.278. The number of sulfonamides is 1. The largest absolute Gasteiger partial charge is 0.322 e. The van der Waals surface area contributed by atoms with E-state index in [-0.39, 0.29) is 22.0 Å². The molecule has 1 N–H and O–H groups in total. The van der Waals surface area contributed by atoms with Gasteiger partial charge in [-0.05, 0) is 49.6 Å². The predicted octanol–water partition coefficient (Wildman–Crippen LogP) is 3.60. The van der Waals surface area contributed by atoms with Crippen LogP contribution in [0.4, 0.5) is 17.1 Å². The number of nitrogens with one attached hydrogen (secondary N) is 1. The zero-order chi connectivity index (χ0) is 20.5. The molecule has 3 rings (SSSR count). The van der Waals surface area contributed by atoms with E-state index in [1.165, 1.54) is 16.4 Å². The summed E-state index contributed by atoms with van der Waals surface area (Å²) in [5.41, 5.74) is 1.64. The molecule has 0 fully saturated rings. The van der Waals surface area contributed by atoms with E-state index in [0.29, 0.717) is 30.8 Å². The molecular formula is C18H18ClN3O5S. The van der Waals surface area contributed by atoms with E-state index in [4.69, 9.17) is 11.6 Å². The van der Waals surface area contributed by atoms with Crippen molar-refractivity contribution in [3.63, 3.8) is 0 Å². The van der Waals surface area contributed by atoms with Gasteiger partial charge in [-0.25, -0.2) is 8.42 Å². The van der Waals surface area contributed by atoms with Gasteiger partial charge in [-0.1, -0.05) is 11.6 Å². The molecule has 0 saturated heterocycles. The second kappa shape index (κ2) is 7.76. The highest BCUT2D eigenvalue weighted by molar-refractivity contribution is 7.92. The lowest BCUT2D eigenvalue weighted by molar-refractivity contribution is -0.384. The van der Waals surface area contributed by atoms with Crippen LogP contribution in [0.15, 0.2) is 36.4 Å². The summed E-state index contributed by atoms with van der Waals surface area (Å²) in [6.45, 7) is 2.03. The first-order valence-corrected chi connectivity index (χ1v) is 10.6. The second-order valence-electron chi connectivity index (χ2n) is 6.30. The number of anilines is 2. The van der Waals surface area contributed by atoms with Crippen molar-refractivity contribution in [2.75, 3.05) is 21.9 Å². The Morgan fingerprint density at radius 3 is 2.71 bits per heavy atom. The Morgan fingerprint density at radius 1 is 1.29 bits per heavy atom. The van der Waals surface area contributed by atoms with E-state index in [9.17, 15) is 23.3 Å². The van der Waals surface area contributed by atoms with Gasteiger partial charge in [-0.2, -0.15) is 0 Å². The van der Waals surface area contributed by atoms with Crippen LogP contribution in [0.25, 0.3) is 0 Å². The van der Waals surface area contributed by atoms with Crippen LogP contribution in [-0.4, -0.2) is 31.5 Å². The molecule has 1 aliphatic rings. The molecule has 2 aromatic carbocycles. The van der Waals surface area contributed by atoms with Crippen LogP contribution in [0.3, 0.4) is 0 Å². The van der Waals surface area contributed by atoms with Crippen molar-refractivity contribution in [2.45, 2.75) is 19.8 Å². The molecule has 1 aliphatic heterocycles. The zero-order valence-corrected chi connectivity index (χ0v) is 16.6. The Balaban J connectivity index is 1.88. The van der Waals surface area contributed by atoms with Gasteiger partial charge in [0.15, 0.2) is 0 Å². The van der Waals surface area contributed by atoms with Gasteiger partial charge in [0.1, 0.15) is 0 Å². The number of halogens is 1. The minimum absolute atomic E-state index is 0.0101. The molecule has 0 unspecified atom stereocenters. The number of carbonyl (C=O) groups is 1. The van der Waals surface area contributed by atoms with Crippen LogP contribution in [0.5, 0.6) is 0 Å². The van der Waals surface area contributed by atoms with E-state index >= 15 is 0 Å². The highest BCUT2D eigenvalue weighted by Crippen LogP contribution is 2.32. The van der Waals surface area contributed by atoms with Crippen LogP contribution in [0.1, 0.15) is 29.3 Å². The maximum atomic E-state index is 12.5. The minimum Gasteiger partial charge on any atom is -0.322 e.